The summed E-state index contributed by atoms with van der Waals surface area (Å²) in [5.41, 5.74) is 1.16. The van der Waals surface area contributed by atoms with Crippen LogP contribution < -0.4 is 5.32 Å². The number of hydrogen-bond acceptors (Lipinski definition) is 3. The zero-order chi connectivity index (χ0) is 17.4. The molecule has 2 heterocycles. The molecule has 1 N–H and O–H groups in total. The lowest BCUT2D eigenvalue weighted by Crippen LogP contribution is -2.11. The molecule has 2 aromatic heterocycles. The predicted molar refractivity (Wildman–Crippen MR) is 92.7 cm³/mol. The molecule has 0 atom stereocenters. The van der Waals surface area contributed by atoms with Crippen molar-refractivity contribution in [1.82, 2.24) is 9.78 Å². The van der Waals surface area contributed by atoms with Crippen molar-refractivity contribution in [2.45, 2.75) is 0 Å². The highest BCUT2D eigenvalue weighted by molar-refractivity contribution is 6.31. The molecule has 0 saturated heterocycles. The zero-order valence-electron chi connectivity index (χ0n) is 12.7. The maximum atomic E-state index is 14.2. The molecule has 0 bridgehead atoms. The fourth-order valence-corrected chi connectivity index (χ4v) is 2.68. The number of nitrogens with one attached hydrogen (secondary N) is 1. The van der Waals surface area contributed by atoms with Crippen LogP contribution in [-0.4, -0.2) is 15.7 Å². The summed E-state index contributed by atoms with van der Waals surface area (Å²) >= 11 is 5.92. The van der Waals surface area contributed by atoms with Gasteiger partial charge in [-0.25, -0.2) is 9.07 Å². The molecule has 1 amide bonds. The number of hydrogen-bond donors (Lipinski definition) is 1. The van der Waals surface area contributed by atoms with Gasteiger partial charge in [0.25, 0.3) is 5.91 Å². The molecule has 124 valence electrons. The Labute approximate surface area is 146 Å². The van der Waals surface area contributed by atoms with E-state index in [9.17, 15) is 9.18 Å². The van der Waals surface area contributed by atoms with E-state index in [2.05, 4.69) is 10.4 Å². The van der Waals surface area contributed by atoms with E-state index in [0.717, 1.165) is 5.39 Å². The summed E-state index contributed by atoms with van der Waals surface area (Å²) in [6, 6.07) is 12.7. The highest BCUT2D eigenvalue weighted by Crippen LogP contribution is 2.24. The summed E-state index contributed by atoms with van der Waals surface area (Å²) in [5, 5.41) is 7.86. The molecule has 7 heteroatoms. The van der Waals surface area contributed by atoms with Gasteiger partial charge in [0, 0.05) is 28.5 Å². The van der Waals surface area contributed by atoms with Gasteiger partial charge in [-0.05, 0) is 48.5 Å². The van der Waals surface area contributed by atoms with Crippen LogP contribution in [-0.2, 0) is 0 Å². The van der Waals surface area contributed by atoms with Gasteiger partial charge in [0.2, 0.25) is 0 Å². The topological polar surface area (TPSA) is 60.1 Å². The van der Waals surface area contributed by atoms with Gasteiger partial charge in [-0.2, -0.15) is 5.10 Å². The second-order valence-electron chi connectivity index (χ2n) is 5.36. The van der Waals surface area contributed by atoms with Gasteiger partial charge in [-0.15, -0.1) is 0 Å². The van der Waals surface area contributed by atoms with Gasteiger partial charge in [0.15, 0.2) is 11.6 Å². The number of halogens is 2. The second-order valence-corrected chi connectivity index (χ2v) is 5.80. The lowest BCUT2D eigenvalue weighted by atomic mass is 10.2. The molecule has 4 rings (SSSR count). The molecule has 0 spiro atoms. The number of aromatic nitrogens is 2. The van der Waals surface area contributed by atoms with E-state index in [1.807, 2.05) is 0 Å². The number of rotatable bonds is 3. The fraction of sp³-hybridized carbons (Fsp3) is 0. The molecular formula is C18H11ClFN3O2. The summed E-state index contributed by atoms with van der Waals surface area (Å²) < 4.78 is 21.1. The number of fused-ring (bicyclic) bond motifs is 1. The fourth-order valence-electron chi connectivity index (χ4n) is 2.50. The molecule has 5 nitrogen and oxygen atoms in total. The van der Waals surface area contributed by atoms with Gasteiger partial charge in [-0.1, -0.05) is 11.6 Å². The summed E-state index contributed by atoms with van der Waals surface area (Å²) in [5.74, 6) is -0.856. The van der Waals surface area contributed by atoms with Crippen molar-refractivity contribution in [1.29, 1.82) is 0 Å². The summed E-state index contributed by atoms with van der Waals surface area (Å²) in [6.45, 7) is 0. The van der Waals surface area contributed by atoms with Crippen molar-refractivity contribution in [3.8, 4) is 5.69 Å². The smallest absolute Gasteiger partial charge is 0.291 e. The quantitative estimate of drug-likeness (QED) is 0.581. The standard InChI is InChI=1S/C18H11ClFN3O2/c19-12-2-5-16-11(8-12)9-17(25-16)18(24)22-13-3-4-15(14(20)10-13)23-7-1-6-21-23/h1-10H,(H,22,24). The Hall–Kier alpha value is -3.12. The Morgan fingerprint density at radius 2 is 2.08 bits per heavy atom. The first-order valence-corrected chi connectivity index (χ1v) is 7.78. The minimum atomic E-state index is -0.502. The van der Waals surface area contributed by atoms with Crippen molar-refractivity contribution >= 4 is 34.2 Å². The first-order chi connectivity index (χ1) is 12.1. The van der Waals surface area contributed by atoms with Crippen molar-refractivity contribution in [3.63, 3.8) is 0 Å². The van der Waals surface area contributed by atoms with Crippen molar-refractivity contribution in [3.05, 3.63) is 77.5 Å². The lowest BCUT2D eigenvalue weighted by Gasteiger charge is -2.07. The summed E-state index contributed by atoms with van der Waals surface area (Å²) in [7, 11) is 0. The first kappa shape index (κ1) is 15.4. The monoisotopic (exact) mass is 355 g/mol. The third kappa shape index (κ3) is 2.99. The Kier molecular flexibility index (Phi) is 3.74. The van der Waals surface area contributed by atoms with Crippen LogP contribution in [0.1, 0.15) is 10.6 Å². The number of anilines is 1. The molecule has 0 radical (unpaired) electrons. The van der Waals surface area contributed by atoms with Crippen molar-refractivity contribution in [2.75, 3.05) is 5.32 Å². The van der Waals surface area contributed by atoms with Crippen LogP contribution in [0.2, 0.25) is 5.02 Å². The van der Waals surface area contributed by atoms with Gasteiger partial charge >= 0.3 is 0 Å². The average Bonchev–Trinajstić information content (AvgIpc) is 3.23. The molecule has 0 saturated carbocycles. The van der Waals surface area contributed by atoms with Crippen LogP contribution in [0.25, 0.3) is 16.7 Å². The molecule has 0 aliphatic rings. The maximum Gasteiger partial charge on any atom is 0.291 e. The van der Waals surface area contributed by atoms with Crippen LogP contribution in [0.4, 0.5) is 10.1 Å². The van der Waals surface area contributed by atoms with Crippen molar-refractivity contribution < 1.29 is 13.6 Å². The minimum absolute atomic E-state index is 0.119. The Morgan fingerprint density at radius 3 is 2.84 bits per heavy atom. The van der Waals surface area contributed by atoms with Crippen LogP contribution in [0.5, 0.6) is 0 Å². The molecule has 0 aliphatic carbocycles. The third-order valence-electron chi connectivity index (χ3n) is 3.66. The van der Waals surface area contributed by atoms with Crippen LogP contribution in [0, 0.1) is 5.82 Å². The van der Waals surface area contributed by atoms with Gasteiger partial charge in [0.1, 0.15) is 11.3 Å². The number of furan rings is 1. The van der Waals surface area contributed by atoms with E-state index in [-0.39, 0.29) is 5.76 Å². The van der Waals surface area contributed by atoms with Crippen LogP contribution in [0.3, 0.4) is 0 Å². The number of carbonyl (C=O) groups excluding carboxylic acids is 1. The van der Waals surface area contributed by atoms with E-state index in [1.54, 1.807) is 48.8 Å². The Balaban J connectivity index is 1.58. The first-order valence-electron chi connectivity index (χ1n) is 7.40. The second kappa shape index (κ2) is 6.07. The van der Waals surface area contributed by atoms with E-state index in [0.29, 0.717) is 22.0 Å². The van der Waals surface area contributed by atoms with E-state index in [1.165, 1.54) is 16.8 Å². The van der Waals surface area contributed by atoms with Crippen LogP contribution in [0.15, 0.2) is 65.3 Å². The molecule has 25 heavy (non-hydrogen) atoms. The Bertz CT molecular complexity index is 1070. The lowest BCUT2D eigenvalue weighted by molar-refractivity contribution is 0.0998. The van der Waals surface area contributed by atoms with Gasteiger partial charge < -0.3 is 9.73 Å². The van der Waals surface area contributed by atoms with Crippen LogP contribution >= 0.6 is 11.6 Å². The minimum Gasteiger partial charge on any atom is -0.451 e. The van der Waals surface area contributed by atoms with E-state index >= 15 is 0 Å². The number of nitrogens with zero attached hydrogens (tertiary/aromatic N) is 2. The molecule has 0 fully saturated rings. The van der Waals surface area contributed by atoms with Gasteiger partial charge in [-0.3, -0.25) is 4.79 Å². The van der Waals surface area contributed by atoms with E-state index < -0.39 is 11.7 Å². The number of carbonyl (C=O) groups is 1. The number of amides is 1. The largest absolute Gasteiger partial charge is 0.451 e. The van der Waals surface area contributed by atoms with Gasteiger partial charge in [0.05, 0.1) is 0 Å². The Morgan fingerprint density at radius 1 is 1.20 bits per heavy atom. The predicted octanol–water partition coefficient (Wildman–Crippen LogP) is 4.66. The SMILES string of the molecule is O=C(Nc1ccc(-n2cccn2)c(F)c1)c1cc2cc(Cl)ccc2o1. The molecule has 0 aliphatic heterocycles. The van der Waals surface area contributed by atoms with E-state index in [4.69, 9.17) is 16.0 Å². The molecule has 2 aromatic carbocycles. The molecular weight excluding hydrogens is 345 g/mol. The summed E-state index contributed by atoms with van der Waals surface area (Å²) in [4.78, 5) is 12.3. The molecule has 4 aromatic rings. The zero-order valence-corrected chi connectivity index (χ0v) is 13.5. The molecule has 0 unspecified atom stereocenters. The van der Waals surface area contributed by atoms with Crippen molar-refractivity contribution in [2.24, 2.45) is 0 Å². The maximum absolute atomic E-state index is 14.2. The average molecular weight is 356 g/mol. The third-order valence-corrected chi connectivity index (χ3v) is 3.89. The highest BCUT2D eigenvalue weighted by atomic mass is 35.5. The normalized spacial score (nSPS) is 11.0. The highest BCUT2D eigenvalue weighted by Gasteiger charge is 2.14. The summed E-state index contributed by atoms with van der Waals surface area (Å²) in [6.07, 6.45) is 3.19. The number of benzene rings is 2.